The van der Waals surface area contributed by atoms with Crippen molar-refractivity contribution in [3.63, 3.8) is 0 Å². The van der Waals surface area contributed by atoms with Crippen LogP contribution in [0.2, 0.25) is 0 Å². The van der Waals surface area contributed by atoms with E-state index in [0.29, 0.717) is 28.4 Å². The van der Waals surface area contributed by atoms with Crippen molar-refractivity contribution in [2.45, 2.75) is 46.6 Å². The van der Waals surface area contributed by atoms with Gasteiger partial charge >= 0.3 is 5.97 Å². The minimum absolute atomic E-state index is 0.0614. The molecular weight excluding hydrogens is 480 g/mol. The van der Waals surface area contributed by atoms with Crippen LogP contribution in [-0.4, -0.2) is 43.4 Å². The molecule has 1 aromatic carbocycles. The Balaban J connectivity index is 1.73. The highest BCUT2D eigenvalue weighted by Gasteiger charge is 2.28. The zero-order valence-electron chi connectivity index (χ0n) is 21.3. The fourth-order valence-electron chi connectivity index (χ4n) is 3.46. The molecule has 0 atom stereocenters. The van der Waals surface area contributed by atoms with E-state index in [1.807, 2.05) is 31.2 Å². The maximum atomic E-state index is 12.9. The van der Waals surface area contributed by atoms with E-state index >= 15 is 0 Å². The number of esters is 1. The molecule has 8 nitrogen and oxygen atoms in total. The Kier molecular flexibility index (Phi) is 9.30. The molecule has 0 aliphatic heterocycles. The van der Waals surface area contributed by atoms with Gasteiger partial charge in [-0.3, -0.25) is 9.59 Å². The van der Waals surface area contributed by atoms with Crippen LogP contribution in [0.3, 0.4) is 0 Å². The van der Waals surface area contributed by atoms with E-state index in [1.54, 1.807) is 33.2 Å². The molecule has 3 rings (SSSR count). The predicted octanol–water partition coefficient (Wildman–Crippen LogP) is 5.70. The van der Waals surface area contributed by atoms with Crippen LogP contribution in [0, 0.1) is 6.92 Å². The van der Waals surface area contributed by atoms with Crippen LogP contribution in [0.4, 0.5) is 5.00 Å². The number of hydrogen-bond donors (Lipinski definition) is 1. The first-order chi connectivity index (χ1) is 17.2. The molecule has 0 unspecified atom stereocenters. The summed E-state index contributed by atoms with van der Waals surface area (Å²) < 4.78 is 16.7. The van der Waals surface area contributed by atoms with Crippen LogP contribution in [-0.2, 0) is 17.8 Å². The van der Waals surface area contributed by atoms with E-state index in [0.717, 1.165) is 24.2 Å². The summed E-state index contributed by atoms with van der Waals surface area (Å²) >= 11 is 1.04. The average Bonchev–Trinajstić information content (AvgIpc) is 3.46. The summed E-state index contributed by atoms with van der Waals surface area (Å²) in [6, 6.07) is 11.1. The third kappa shape index (κ3) is 6.54. The highest BCUT2D eigenvalue weighted by atomic mass is 32.1. The Morgan fingerprint density at radius 3 is 2.39 bits per heavy atom. The van der Waals surface area contributed by atoms with Gasteiger partial charge in [-0.25, -0.2) is 4.79 Å². The number of rotatable bonds is 11. The number of amides is 2. The molecule has 0 aliphatic carbocycles. The molecule has 2 heterocycles. The normalized spacial score (nSPS) is 10.7. The molecular formula is C27H32N2O6S. The maximum absolute atomic E-state index is 12.9. The minimum atomic E-state index is -0.586. The van der Waals surface area contributed by atoms with Crippen molar-refractivity contribution >= 4 is 34.1 Å². The zero-order chi connectivity index (χ0) is 26.2. The molecule has 0 saturated heterocycles. The van der Waals surface area contributed by atoms with Crippen molar-refractivity contribution in [3.8, 4) is 5.75 Å². The fourth-order valence-corrected chi connectivity index (χ4v) is 4.67. The van der Waals surface area contributed by atoms with Crippen molar-refractivity contribution in [1.29, 1.82) is 0 Å². The Morgan fingerprint density at radius 1 is 1.03 bits per heavy atom. The Morgan fingerprint density at radius 2 is 1.75 bits per heavy atom. The number of carbonyl (C=O) groups excluding carboxylic acids is 3. The predicted molar refractivity (Wildman–Crippen MR) is 139 cm³/mol. The molecule has 0 fully saturated rings. The highest BCUT2D eigenvalue weighted by molar-refractivity contribution is 7.18. The Bertz CT molecular complexity index is 1210. The molecule has 192 valence electrons. The van der Waals surface area contributed by atoms with Gasteiger partial charge in [-0.05, 0) is 55.2 Å². The molecule has 2 amide bonds. The first kappa shape index (κ1) is 27.0. The summed E-state index contributed by atoms with van der Waals surface area (Å²) in [7, 11) is 3.25. The van der Waals surface area contributed by atoms with E-state index in [2.05, 4.69) is 12.2 Å². The molecule has 36 heavy (non-hydrogen) atoms. The van der Waals surface area contributed by atoms with Crippen molar-refractivity contribution in [2.75, 3.05) is 26.0 Å². The second kappa shape index (κ2) is 12.4. The van der Waals surface area contributed by atoms with Crippen LogP contribution >= 0.6 is 11.3 Å². The zero-order valence-corrected chi connectivity index (χ0v) is 22.1. The lowest BCUT2D eigenvalue weighted by Crippen LogP contribution is -2.21. The van der Waals surface area contributed by atoms with Gasteiger partial charge in [-0.1, -0.05) is 32.4 Å². The summed E-state index contributed by atoms with van der Waals surface area (Å²) in [5.41, 5.74) is 1.89. The van der Waals surface area contributed by atoms with Crippen LogP contribution in [0.25, 0.3) is 0 Å². The summed E-state index contributed by atoms with van der Waals surface area (Å²) in [6.45, 7) is 6.09. The number of ether oxygens (including phenoxy) is 2. The van der Waals surface area contributed by atoms with Gasteiger partial charge < -0.3 is 24.1 Å². The lowest BCUT2D eigenvalue weighted by Gasteiger charge is -2.09. The SMILES string of the molecule is CCCOC(=O)c1c(NC(=O)c2ccc(COc3ccc(CCC)cc3)o2)sc(C(=O)N(C)C)c1C. The first-order valence-corrected chi connectivity index (χ1v) is 12.7. The standard InChI is InChI=1S/C27H32N2O6S/c1-6-8-18-9-11-19(12-10-18)34-16-20-13-14-21(35-20)24(30)28-25-22(27(32)33-15-7-2)17(3)23(36-25)26(31)29(4)5/h9-14H,6-8,15-16H2,1-5H3,(H,28,30). The third-order valence-electron chi connectivity index (χ3n) is 5.34. The molecule has 3 aromatic rings. The quantitative estimate of drug-likeness (QED) is 0.331. The molecule has 0 bridgehead atoms. The summed E-state index contributed by atoms with van der Waals surface area (Å²) in [5.74, 6) is -0.142. The number of benzene rings is 1. The number of hydrogen-bond acceptors (Lipinski definition) is 7. The van der Waals surface area contributed by atoms with E-state index in [-0.39, 0.29) is 35.4 Å². The van der Waals surface area contributed by atoms with Gasteiger partial charge in [0.2, 0.25) is 0 Å². The molecule has 9 heteroatoms. The van der Waals surface area contributed by atoms with Gasteiger partial charge in [0.15, 0.2) is 5.76 Å². The van der Waals surface area contributed by atoms with E-state index in [1.165, 1.54) is 10.5 Å². The second-order valence-electron chi connectivity index (χ2n) is 8.50. The van der Waals surface area contributed by atoms with Gasteiger partial charge in [0.25, 0.3) is 11.8 Å². The second-order valence-corrected chi connectivity index (χ2v) is 9.52. The summed E-state index contributed by atoms with van der Waals surface area (Å²) in [4.78, 5) is 40.0. The van der Waals surface area contributed by atoms with Gasteiger partial charge in [0, 0.05) is 14.1 Å². The monoisotopic (exact) mass is 512 g/mol. The fraction of sp³-hybridized carbons (Fsp3) is 0.370. The lowest BCUT2D eigenvalue weighted by atomic mass is 10.1. The minimum Gasteiger partial charge on any atom is -0.486 e. The number of carbonyl (C=O) groups is 3. The molecule has 2 aromatic heterocycles. The smallest absolute Gasteiger partial charge is 0.341 e. The number of nitrogens with one attached hydrogen (secondary N) is 1. The van der Waals surface area contributed by atoms with E-state index < -0.39 is 11.9 Å². The number of thiophene rings is 1. The topological polar surface area (TPSA) is 98.1 Å². The maximum Gasteiger partial charge on any atom is 0.341 e. The van der Waals surface area contributed by atoms with Crippen LogP contribution in [0.1, 0.15) is 74.2 Å². The number of nitrogens with zero attached hydrogens (tertiary/aromatic N) is 1. The Labute approximate surface area is 215 Å². The summed E-state index contributed by atoms with van der Waals surface area (Å²) in [6.07, 6.45) is 2.75. The molecule has 0 aliphatic rings. The van der Waals surface area contributed by atoms with E-state index in [4.69, 9.17) is 13.9 Å². The highest BCUT2D eigenvalue weighted by Crippen LogP contribution is 2.35. The molecule has 0 radical (unpaired) electrons. The van der Waals surface area contributed by atoms with Crippen LogP contribution in [0.15, 0.2) is 40.8 Å². The molecule has 0 saturated carbocycles. The first-order valence-electron chi connectivity index (χ1n) is 11.9. The van der Waals surface area contributed by atoms with Crippen molar-refractivity contribution in [3.05, 3.63) is 69.5 Å². The van der Waals surface area contributed by atoms with E-state index in [9.17, 15) is 14.4 Å². The average molecular weight is 513 g/mol. The number of aryl methyl sites for hydroxylation is 1. The molecule has 1 N–H and O–H groups in total. The van der Waals surface area contributed by atoms with Crippen molar-refractivity contribution in [1.82, 2.24) is 4.90 Å². The van der Waals surface area contributed by atoms with Gasteiger partial charge in [0.1, 0.15) is 23.1 Å². The number of anilines is 1. The van der Waals surface area contributed by atoms with Crippen LogP contribution < -0.4 is 10.1 Å². The number of furan rings is 1. The van der Waals surface area contributed by atoms with Crippen molar-refractivity contribution in [2.24, 2.45) is 0 Å². The lowest BCUT2D eigenvalue weighted by molar-refractivity contribution is 0.0506. The largest absolute Gasteiger partial charge is 0.486 e. The van der Waals surface area contributed by atoms with Crippen LogP contribution in [0.5, 0.6) is 5.75 Å². The Hall–Kier alpha value is -3.59. The molecule has 0 spiro atoms. The van der Waals surface area contributed by atoms with Crippen molar-refractivity contribution < 1.29 is 28.3 Å². The third-order valence-corrected chi connectivity index (χ3v) is 6.54. The van der Waals surface area contributed by atoms with Gasteiger partial charge in [-0.15, -0.1) is 11.3 Å². The van der Waals surface area contributed by atoms with Gasteiger partial charge in [-0.2, -0.15) is 0 Å². The van der Waals surface area contributed by atoms with Gasteiger partial charge in [0.05, 0.1) is 17.0 Å². The summed E-state index contributed by atoms with van der Waals surface area (Å²) in [5, 5.41) is 2.96.